The molecule has 2 amide bonds. The zero-order valence-corrected chi connectivity index (χ0v) is 14.6. The van der Waals surface area contributed by atoms with E-state index in [4.69, 9.17) is 0 Å². The smallest absolute Gasteiger partial charge is 0.255 e. The number of anilines is 1. The number of hydrogen-bond acceptors (Lipinski definition) is 3. The second kappa shape index (κ2) is 7.49. The Labute approximate surface area is 148 Å². The minimum absolute atomic E-state index is 0.0911. The van der Waals surface area contributed by atoms with E-state index in [0.717, 1.165) is 24.9 Å². The first kappa shape index (κ1) is 17.2. The predicted octanol–water partition coefficient (Wildman–Crippen LogP) is 2.89. The lowest BCUT2D eigenvalue weighted by molar-refractivity contribution is 0.0949. The van der Waals surface area contributed by atoms with Gasteiger partial charge in [-0.2, -0.15) is 0 Å². The molecule has 0 spiro atoms. The molecule has 3 rings (SSSR count). The summed E-state index contributed by atoms with van der Waals surface area (Å²) >= 11 is 0. The Morgan fingerprint density at radius 1 is 1.00 bits per heavy atom. The van der Waals surface area contributed by atoms with Crippen LogP contribution < -0.4 is 10.6 Å². The molecule has 0 aliphatic heterocycles. The van der Waals surface area contributed by atoms with Gasteiger partial charge in [-0.05, 0) is 62.8 Å². The van der Waals surface area contributed by atoms with Crippen LogP contribution in [0.5, 0.6) is 0 Å². The van der Waals surface area contributed by atoms with E-state index in [1.807, 2.05) is 38.4 Å². The lowest BCUT2D eigenvalue weighted by Crippen LogP contribution is -2.25. The normalized spacial score (nSPS) is 13.6. The van der Waals surface area contributed by atoms with Gasteiger partial charge in [0.15, 0.2) is 0 Å². The molecule has 5 heteroatoms. The molecular formula is C20H23N3O2. The van der Waals surface area contributed by atoms with E-state index in [9.17, 15) is 9.59 Å². The van der Waals surface area contributed by atoms with E-state index >= 15 is 0 Å². The zero-order valence-electron chi connectivity index (χ0n) is 14.6. The van der Waals surface area contributed by atoms with E-state index < -0.39 is 0 Å². The molecule has 0 atom stereocenters. The van der Waals surface area contributed by atoms with Crippen LogP contribution in [0, 0.1) is 0 Å². The third kappa shape index (κ3) is 4.90. The Morgan fingerprint density at radius 2 is 1.72 bits per heavy atom. The molecule has 2 aromatic carbocycles. The average molecular weight is 337 g/mol. The van der Waals surface area contributed by atoms with Gasteiger partial charge < -0.3 is 15.5 Å². The lowest BCUT2D eigenvalue weighted by Gasteiger charge is -2.11. The van der Waals surface area contributed by atoms with Crippen molar-refractivity contribution in [3.8, 4) is 0 Å². The van der Waals surface area contributed by atoms with E-state index in [2.05, 4.69) is 15.5 Å². The van der Waals surface area contributed by atoms with Crippen molar-refractivity contribution >= 4 is 17.5 Å². The second-order valence-corrected chi connectivity index (χ2v) is 6.72. The van der Waals surface area contributed by atoms with Crippen molar-refractivity contribution in [2.75, 3.05) is 19.4 Å². The monoisotopic (exact) mass is 337 g/mol. The van der Waals surface area contributed by atoms with Crippen molar-refractivity contribution in [1.29, 1.82) is 0 Å². The van der Waals surface area contributed by atoms with Gasteiger partial charge in [0.2, 0.25) is 0 Å². The first-order valence-electron chi connectivity index (χ1n) is 8.47. The molecular weight excluding hydrogens is 314 g/mol. The van der Waals surface area contributed by atoms with E-state index in [0.29, 0.717) is 22.9 Å². The summed E-state index contributed by atoms with van der Waals surface area (Å²) in [4.78, 5) is 26.6. The number of rotatable bonds is 6. The second-order valence-electron chi connectivity index (χ2n) is 6.72. The van der Waals surface area contributed by atoms with Gasteiger partial charge in [0.25, 0.3) is 11.8 Å². The number of hydrogen-bond donors (Lipinski definition) is 2. The van der Waals surface area contributed by atoms with Crippen LogP contribution in [0.4, 0.5) is 5.69 Å². The van der Waals surface area contributed by atoms with Crippen molar-refractivity contribution in [3.05, 3.63) is 65.2 Å². The van der Waals surface area contributed by atoms with E-state index in [-0.39, 0.29) is 11.8 Å². The van der Waals surface area contributed by atoms with Crippen LogP contribution in [-0.2, 0) is 6.54 Å². The van der Waals surface area contributed by atoms with Crippen molar-refractivity contribution in [2.45, 2.75) is 25.4 Å². The minimum Gasteiger partial charge on any atom is -0.349 e. The molecule has 1 fully saturated rings. The van der Waals surface area contributed by atoms with Gasteiger partial charge in [-0.1, -0.05) is 18.2 Å². The van der Waals surface area contributed by atoms with Gasteiger partial charge in [0, 0.05) is 29.4 Å². The first-order chi connectivity index (χ1) is 12.0. The average Bonchev–Trinajstić information content (AvgIpc) is 3.39. The Balaban J connectivity index is 1.64. The number of nitrogens with zero attached hydrogens (tertiary/aromatic N) is 1. The first-order valence-corrected chi connectivity index (χ1v) is 8.47. The molecule has 0 radical (unpaired) electrons. The summed E-state index contributed by atoms with van der Waals surface area (Å²) in [6.45, 7) is 0.833. The summed E-state index contributed by atoms with van der Waals surface area (Å²) in [5, 5.41) is 5.80. The highest BCUT2D eigenvalue weighted by Gasteiger charge is 2.23. The fourth-order valence-electron chi connectivity index (χ4n) is 2.56. The maximum absolute atomic E-state index is 12.4. The molecule has 1 aliphatic rings. The van der Waals surface area contributed by atoms with Crippen LogP contribution in [0.15, 0.2) is 48.5 Å². The Hall–Kier alpha value is -2.66. The van der Waals surface area contributed by atoms with Gasteiger partial charge in [-0.3, -0.25) is 9.59 Å². The van der Waals surface area contributed by atoms with Gasteiger partial charge in [-0.15, -0.1) is 0 Å². The number of carbonyl (C=O) groups excluding carboxylic acids is 2. The largest absolute Gasteiger partial charge is 0.349 e. The fraction of sp³-hybridized carbons (Fsp3) is 0.300. The zero-order chi connectivity index (χ0) is 17.8. The maximum atomic E-state index is 12.4. The summed E-state index contributed by atoms with van der Waals surface area (Å²) in [7, 11) is 4.01. The Morgan fingerprint density at radius 3 is 2.36 bits per heavy atom. The van der Waals surface area contributed by atoms with E-state index in [1.165, 1.54) is 0 Å². The van der Waals surface area contributed by atoms with Crippen LogP contribution >= 0.6 is 0 Å². The summed E-state index contributed by atoms with van der Waals surface area (Å²) < 4.78 is 0. The number of benzene rings is 2. The molecule has 1 aliphatic carbocycles. The molecule has 0 aromatic heterocycles. The van der Waals surface area contributed by atoms with Crippen LogP contribution in [0.3, 0.4) is 0 Å². The van der Waals surface area contributed by atoms with Gasteiger partial charge in [-0.25, -0.2) is 0 Å². The molecule has 5 nitrogen and oxygen atoms in total. The molecule has 0 bridgehead atoms. The van der Waals surface area contributed by atoms with Crippen LogP contribution in [0.2, 0.25) is 0 Å². The maximum Gasteiger partial charge on any atom is 0.255 e. The summed E-state index contributed by atoms with van der Waals surface area (Å²) in [5.41, 5.74) is 2.92. The van der Waals surface area contributed by atoms with Crippen LogP contribution in [-0.4, -0.2) is 36.9 Å². The summed E-state index contributed by atoms with van der Waals surface area (Å²) in [5.74, 6) is -0.275. The van der Waals surface area contributed by atoms with Gasteiger partial charge >= 0.3 is 0 Å². The summed E-state index contributed by atoms with van der Waals surface area (Å²) in [6, 6.07) is 14.9. The standard InChI is InChI=1S/C20H23N3O2/c1-23(2)13-14-6-8-15(9-7-14)19(24)22-18-5-3-4-16(12-18)20(25)21-17-10-11-17/h3-9,12,17H,10-11,13H2,1-2H3,(H,21,25)(H,22,24). The Bertz CT molecular complexity index is 765. The van der Waals surface area contributed by atoms with Crippen LogP contribution in [0.25, 0.3) is 0 Å². The topological polar surface area (TPSA) is 61.4 Å². The highest BCUT2D eigenvalue weighted by atomic mass is 16.2. The lowest BCUT2D eigenvalue weighted by atomic mass is 10.1. The quantitative estimate of drug-likeness (QED) is 0.852. The number of carbonyl (C=O) groups is 2. The molecule has 130 valence electrons. The fourth-order valence-corrected chi connectivity index (χ4v) is 2.56. The Kier molecular flexibility index (Phi) is 5.14. The highest BCUT2D eigenvalue weighted by Crippen LogP contribution is 2.20. The van der Waals surface area contributed by atoms with Crippen molar-refractivity contribution < 1.29 is 9.59 Å². The molecule has 0 heterocycles. The molecule has 0 saturated heterocycles. The number of nitrogens with one attached hydrogen (secondary N) is 2. The highest BCUT2D eigenvalue weighted by molar-refractivity contribution is 6.05. The third-order valence-corrected chi connectivity index (χ3v) is 4.01. The van der Waals surface area contributed by atoms with Crippen molar-refractivity contribution in [2.24, 2.45) is 0 Å². The molecule has 0 unspecified atom stereocenters. The van der Waals surface area contributed by atoms with Crippen LogP contribution in [0.1, 0.15) is 39.1 Å². The van der Waals surface area contributed by atoms with Gasteiger partial charge in [0.05, 0.1) is 0 Å². The minimum atomic E-state index is -0.184. The summed E-state index contributed by atoms with van der Waals surface area (Å²) in [6.07, 6.45) is 2.10. The van der Waals surface area contributed by atoms with E-state index in [1.54, 1.807) is 24.3 Å². The molecule has 25 heavy (non-hydrogen) atoms. The van der Waals surface area contributed by atoms with Crippen molar-refractivity contribution in [1.82, 2.24) is 10.2 Å². The SMILES string of the molecule is CN(C)Cc1ccc(C(=O)Nc2cccc(C(=O)NC3CC3)c2)cc1. The van der Waals surface area contributed by atoms with Gasteiger partial charge in [0.1, 0.15) is 0 Å². The third-order valence-electron chi connectivity index (χ3n) is 4.01. The molecule has 1 saturated carbocycles. The predicted molar refractivity (Wildman–Crippen MR) is 98.7 cm³/mol. The van der Waals surface area contributed by atoms with Crippen molar-refractivity contribution in [3.63, 3.8) is 0 Å². The number of amides is 2. The molecule has 2 aromatic rings. The molecule has 2 N–H and O–H groups in total.